The van der Waals surface area contributed by atoms with E-state index in [1.54, 1.807) is 49.9 Å². The Morgan fingerprint density at radius 3 is 2.24 bits per heavy atom. The number of ether oxygens (including phenoxy) is 1. The molecule has 1 saturated heterocycles. The first-order chi connectivity index (χ1) is 23.3. The summed E-state index contributed by atoms with van der Waals surface area (Å²) in [5.41, 5.74) is 0.387. The lowest BCUT2D eigenvalue weighted by Gasteiger charge is -2.37. The summed E-state index contributed by atoms with van der Waals surface area (Å²) in [5.74, 6) is -3.42. The Kier molecular flexibility index (Phi) is 12.3. The fourth-order valence-electron chi connectivity index (χ4n) is 7.49. The van der Waals surface area contributed by atoms with Crippen molar-refractivity contribution in [2.45, 2.75) is 117 Å². The molecule has 1 aliphatic heterocycles. The minimum Gasteiger partial charge on any atom is -0.444 e. The summed E-state index contributed by atoms with van der Waals surface area (Å²) in [5, 5.41) is 7.98. The second-order valence-corrected chi connectivity index (χ2v) is 17.5. The molecular weight excluding hydrogens is 662 g/mol. The summed E-state index contributed by atoms with van der Waals surface area (Å²) in [6.45, 7) is 13.1. The van der Waals surface area contributed by atoms with E-state index in [2.05, 4.69) is 20.7 Å². The van der Waals surface area contributed by atoms with Crippen molar-refractivity contribution in [3.63, 3.8) is 0 Å². The minimum atomic E-state index is -3.81. The fourth-order valence-corrected chi connectivity index (χ4v) is 8.45. The Morgan fingerprint density at radius 1 is 1.00 bits per heavy atom. The first kappa shape index (κ1) is 39.1. The molecule has 1 aromatic rings. The van der Waals surface area contributed by atoms with Gasteiger partial charge in [-0.25, -0.2) is 13.2 Å². The average Bonchev–Trinajstić information content (AvgIpc) is 3.34. The van der Waals surface area contributed by atoms with E-state index in [-0.39, 0.29) is 42.0 Å². The molecule has 1 aromatic carbocycles. The molecule has 2 aliphatic carbocycles. The molecule has 5 atom stereocenters. The molecule has 3 aliphatic rings. The number of amides is 4. The number of anilines is 1. The number of sulfonamides is 1. The number of nitrogens with zero attached hydrogens (tertiary/aromatic N) is 1. The van der Waals surface area contributed by atoms with Gasteiger partial charge >= 0.3 is 6.09 Å². The van der Waals surface area contributed by atoms with Crippen LogP contribution >= 0.6 is 0 Å². The highest BCUT2D eigenvalue weighted by molar-refractivity contribution is 7.92. The van der Waals surface area contributed by atoms with Crippen LogP contribution in [-0.2, 0) is 33.9 Å². The van der Waals surface area contributed by atoms with Crippen LogP contribution in [0.4, 0.5) is 10.5 Å². The van der Waals surface area contributed by atoms with Crippen LogP contribution in [0.5, 0.6) is 0 Å². The number of piperidine rings is 1. The van der Waals surface area contributed by atoms with Crippen molar-refractivity contribution in [1.82, 2.24) is 20.9 Å². The second kappa shape index (κ2) is 15.7. The zero-order valence-electron chi connectivity index (χ0n) is 30.5. The predicted octanol–water partition coefficient (Wildman–Crippen LogP) is 3.66. The van der Waals surface area contributed by atoms with Gasteiger partial charge in [0.25, 0.3) is 5.91 Å². The molecule has 278 valence electrons. The standard InChI is InChI=1S/C36H55N5O8S/c1-8-12-26(30(42)32(44)37-19-20-50(47,48)40-24-17-15-22(2)16-18-24)38-31(43)29-27-25(36(27,6)7)21-41(29)33(45)28(23-13-10-9-11-14-23)39-34(46)49-35(3,4)5/h15-18,23,25-29,40H,8-14,19-21H2,1-7H3,(H,37,44)(H,38,43)(H,39,46)/t25?,26-,27?,28?,29-/m0/s1. The van der Waals surface area contributed by atoms with Crippen molar-refractivity contribution in [2.75, 3.05) is 23.6 Å². The van der Waals surface area contributed by atoms with E-state index in [1.807, 2.05) is 27.7 Å². The molecule has 1 heterocycles. The number of carbonyl (C=O) groups is 5. The van der Waals surface area contributed by atoms with Gasteiger partial charge in [-0.3, -0.25) is 23.9 Å². The van der Waals surface area contributed by atoms with Crippen molar-refractivity contribution in [3.8, 4) is 0 Å². The third-order valence-electron chi connectivity index (χ3n) is 10.2. The number of ketones is 1. The number of carbonyl (C=O) groups excluding carboxylic acids is 5. The maximum absolute atomic E-state index is 14.3. The monoisotopic (exact) mass is 717 g/mol. The number of rotatable bonds is 14. The first-order valence-electron chi connectivity index (χ1n) is 17.8. The molecule has 4 amide bonds. The SMILES string of the molecule is CCC[C@H](NC(=O)[C@@H]1C2C(CN1C(=O)C(NC(=O)OC(C)(C)C)C1CCCCC1)C2(C)C)C(=O)C(=O)NCCS(=O)(=O)Nc1ccc(C)cc1. The smallest absolute Gasteiger partial charge is 0.408 e. The van der Waals surface area contributed by atoms with Crippen LogP contribution in [0.25, 0.3) is 0 Å². The van der Waals surface area contributed by atoms with E-state index in [9.17, 15) is 32.4 Å². The Morgan fingerprint density at radius 2 is 1.64 bits per heavy atom. The average molecular weight is 718 g/mol. The molecule has 0 radical (unpaired) electrons. The Balaban J connectivity index is 1.44. The molecule has 4 rings (SSSR count). The summed E-state index contributed by atoms with van der Waals surface area (Å²) in [6.07, 6.45) is 4.42. The normalized spacial score (nSPS) is 22.8. The lowest BCUT2D eigenvalue weighted by Crippen LogP contribution is -2.60. The van der Waals surface area contributed by atoms with Gasteiger partial charge in [0.05, 0.1) is 11.8 Å². The van der Waals surface area contributed by atoms with Gasteiger partial charge in [0.15, 0.2) is 0 Å². The molecule has 2 saturated carbocycles. The lowest BCUT2D eigenvalue weighted by molar-refractivity contribution is -0.145. The van der Waals surface area contributed by atoms with Crippen LogP contribution in [-0.4, -0.2) is 85.5 Å². The topological polar surface area (TPSA) is 180 Å². The zero-order valence-corrected chi connectivity index (χ0v) is 31.3. The second-order valence-electron chi connectivity index (χ2n) is 15.7. The van der Waals surface area contributed by atoms with Crippen molar-refractivity contribution in [3.05, 3.63) is 29.8 Å². The van der Waals surface area contributed by atoms with Gasteiger partial charge in [-0.05, 0) is 82.3 Å². The van der Waals surface area contributed by atoms with Crippen molar-refractivity contribution in [1.29, 1.82) is 0 Å². The third-order valence-corrected chi connectivity index (χ3v) is 11.5. The fraction of sp³-hybridized carbons (Fsp3) is 0.694. The Bertz CT molecular complexity index is 1530. The van der Waals surface area contributed by atoms with Crippen molar-refractivity contribution < 1.29 is 37.1 Å². The quantitative estimate of drug-likeness (QED) is 0.211. The number of alkyl carbamates (subject to hydrolysis) is 1. The maximum Gasteiger partial charge on any atom is 0.408 e. The molecule has 0 bridgehead atoms. The molecule has 13 nitrogen and oxygen atoms in total. The van der Waals surface area contributed by atoms with Gasteiger partial charge < -0.3 is 25.6 Å². The van der Waals surface area contributed by atoms with E-state index in [1.165, 1.54) is 0 Å². The molecule has 0 aromatic heterocycles. The molecular formula is C36H55N5O8S. The largest absolute Gasteiger partial charge is 0.444 e. The minimum absolute atomic E-state index is 0.0647. The number of aryl methyl sites for hydroxylation is 1. The molecule has 0 spiro atoms. The summed E-state index contributed by atoms with van der Waals surface area (Å²) in [4.78, 5) is 69.1. The third kappa shape index (κ3) is 9.76. The van der Waals surface area contributed by atoms with Crippen LogP contribution in [0.3, 0.4) is 0 Å². The number of hydrogen-bond donors (Lipinski definition) is 4. The van der Waals surface area contributed by atoms with E-state index < -0.39 is 63.2 Å². The van der Waals surface area contributed by atoms with Gasteiger partial charge in [0.2, 0.25) is 27.6 Å². The van der Waals surface area contributed by atoms with Crippen molar-refractivity contribution in [2.24, 2.45) is 23.2 Å². The Hall–Kier alpha value is -3.68. The highest BCUT2D eigenvalue weighted by atomic mass is 32.2. The van der Waals surface area contributed by atoms with Gasteiger partial charge in [-0.15, -0.1) is 0 Å². The highest BCUT2D eigenvalue weighted by Crippen LogP contribution is 2.65. The van der Waals surface area contributed by atoms with E-state index in [4.69, 9.17) is 4.74 Å². The molecule has 3 unspecified atom stereocenters. The number of benzene rings is 1. The van der Waals surface area contributed by atoms with E-state index in [0.717, 1.165) is 37.7 Å². The molecule has 3 fully saturated rings. The van der Waals surface area contributed by atoms with Crippen LogP contribution in [0.1, 0.15) is 92.1 Å². The number of Topliss-reactive ketones (excluding diaryl/α,β-unsaturated/α-hetero) is 1. The summed E-state index contributed by atoms with van der Waals surface area (Å²) in [6, 6.07) is 3.87. The summed E-state index contributed by atoms with van der Waals surface area (Å²) < 4.78 is 33.0. The maximum atomic E-state index is 14.3. The van der Waals surface area contributed by atoms with E-state index >= 15 is 0 Å². The number of fused-ring (bicyclic) bond motifs is 1. The Labute approximate surface area is 296 Å². The van der Waals surface area contributed by atoms with Crippen LogP contribution in [0.2, 0.25) is 0 Å². The predicted molar refractivity (Wildman–Crippen MR) is 189 cm³/mol. The van der Waals surface area contributed by atoms with E-state index in [0.29, 0.717) is 18.7 Å². The van der Waals surface area contributed by atoms with Crippen LogP contribution in [0.15, 0.2) is 24.3 Å². The lowest BCUT2D eigenvalue weighted by atomic mass is 9.83. The van der Waals surface area contributed by atoms with Gasteiger partial charge in [-0.1, -0.05) is 64.2 Å². The van der Waals surface area contributed by atoms with Crippen LogP contribution < -0.4 is 20.7 Å². The summed E-state index contributed by atoms with van der Waals surface area (Å²) in [7, 11) is -3.81. The van der Waals surface area contributed by atoms with Gasteiger partial charge in [-0.2, -0.15) is 0 Å². The number of nitrogens with one attached hydrogen (secondary N) is 4. The number of hydrogen-bond acceptors (Lipinski definition) is 8. The van der Waals surface area contributed by atoms with Gasteiger partial charge in [0, 0.05) is 18.8 Å². The van der Waals surface area contributed by atoms with Gasteiger partial charge in [0.1, 0.15) is 17.7 Å². The highest BCUT2D eigenvalue weighted by Gasteiger charge is 2.69. The van der Waals surface area contributed by atoms with Crippen LogP contribution in [0, 0.1) is 30.1 Å². The molecule has 14 heteroatoms. The molecule has 4 N–H and O–H groups in total. The first-order valence-corrected chi connectivity index (χ1v) is 19.5. The molecule has 50 heavy (non-hydrogen) atoms. The van der Waals surface area contributed by atoms with Crippen molar-refractivity contribution >= 4 is 45.3 Å². The zero-order chi connectivity index (χ0) is 37.0. The summed E-state index contributed by atoms with van der Waals surface area (Å²) >= 11 is 0. The number of likely N-dealkylation sites (tertiary alicyclic amines) is 1.